The second-order valence-corrected chi connectivity index (χ2v) is 8.11. The van der Waals surface area contributed by atoms with Gasteiger partial charge in [-0.05, 0) is 67.8 Å². The fourth-order valence-electron chi connectivity index (χ4n) is 3.71. The van der Waals surface area contributed by atoms with Crippen LogP contribution in [0.4, 0.5) is 4.79 Å². The summed E-state index contributed by atoms with van der Waals surface area (Å²) in [6.07, 6.45) is 0.441. The van der Waals surface area contributed by atoms with Crippen molar-refractivity contribution in [3.63, 3.8) is 0 Å². The Morgan fingerprint density at radius 3 is 2.14 bits per heavy atom. The van der Waals surface area contributed by atoms with Crippen LogP contribution in [-0.2, 0) is 9.53 Å². The van der Waals surface area contributed by atoms with E-state index in [2.05, 4.69) is 10.6 Å². The Hall–Kier alpha value is -3.88. The van der Waals surface area contributed by atoms with Gasteiger partial charge in [-0.15, -0.1) is 0 Å². The molecular weight excluding hydrogens is 452 g/mol. The molecular formula is C26H32N2O7. The zero-order valence-corrected chi connectivity index (χ0v) is 20.9. The van der Waals surface area contributed by atoms with Gasteiger partial charge in [0.25, 0.3) is 0 Å². The molecule has 2 aromatic rings. The van der Waals surface area contributed by atoms with Gasteiger partial charge in [0.2, 0.25) is 5.75 Å². The lowest BCUT2D eigenvalue weighted by Crippen LogP contribution is -2.45. The van der Waals surface area contributed by atoms with E-state index in [-0.39, 0.29) is 11.7 Å². The first kappa shape index (κ1) is 25.7. The minimum absolute atomic E-state index is 0.245. The van der Waals surface area contributed by atoms with Gasteiger partial charge in [-0.1, -0.05) is 6.92 Å². The van der Waals surface area contributed by atoms with Crippen molar-refractivity contribution in [1.82, 2.24) is 10.6 Å². The molecule has 0 fully saturated rings. The van der Waals surface area contributed by atoms with E-state index in [0.29, 0.717) is 46.4 Å². The number of nitrogens with one attached hydrogen (secondary N) is 2. The number of benzene rings is 2. The van der Waals surface area contributed by atoms with Crippen LogP contribution >= 0.6 is 0 Å². The van der Waals surface area contributed by atoms with Gasteiger partial charge in [-0.25, -0.2) is 9.59 Å². The molecule has 0 saturated carbocycles. The van der Waals surface area contributed by atoms with Crippen molar-refractivity contribution >= 4 is 17.7 Å². The van der Waals surface area contributed by atoms with Gasteiger partial charge in [-0.2, -0.15) is 0 Å². The molecule has 9 heteroatoms. The van der Waals surface area contributed by atoms with Crippen molar-refractivity contribution in [1.29, 1.82) is 0 Å². The van der Waals surface area contributed by atoms with Gasteiger partial charge in [-0.3, -0.25) is 0 Å². The van der Waals surface area contributed by atoms with Crippen LogP contribution in [0.15, 0.2) is 42.0 Å². The predicted octanol–water partition coefficient (Wildman–Crippen LogP) is 4.22. The fourth-order valence-corrected chi connectivity index (χ4v) is 3.71. The van der Waals surface area contributed by atoms with E-state index < -0.39 is 18.0 Å². The molecule has 1 atom stereocenters. The Balaban J connectivity index is 2.20. The highest BCUT2D eigenvalue weighted by Gasteiger charge is 2.36. The van der Waals surface area contributed by atoms with Crippen molar-refractivity contribution in [3.05, 3.63) is 53.1 Å². The quantitative estimate of drug-likeness (QED) is 0.487. The Morgan fingerprint density at radius 2 is 1.63 bits per heavy atom. The van der Waals surface area contributed by atoms with Crippen molar-refractivity contribution < 1.29 is 33.3 Å². The summed E-state index contributed by atoms with van der Waals surface area (Å²) in [4.78, 5) is 26.1. The third-order valence-electron chi connectivity index (χ3n) is 5.28. The van der Waals surface area contributed by atoms with Gasteiger partial charge in [0.15, 0.2) is 11.5 Å². The highest BCUT2D eigenvalue weighted by molar-refractivity contribution is 6.04. The van der Waals surface area contributed by atoms with Gasteiger partial charge in [0, 0.05) is 0 Å². The number of urea groups is 1. The number of hydrogen-bond donors (Lipinski definition) is 2. The maximum atomic E-state index is 13.3. The van der Waals surface area contributed by atoms with Crippen molar-refractivity contribution in [2.24, 2.45) is 0 Å². The third-order valence-corrected chi connectivity index (χ3v) is 5.28. The van der Waals surface area contributed by atoms with Crippen LogP contribution in [-0.4, -0.2) is 46.0 Å². The maximum Gasteiger partial charge on any atom is 0.338 e. The number of esters is 1. The first-order chi connectivity index (χ1) is 16.8. The molecule has 1 aliphatic heterocycles. The highest BCUT2D eigenvalue weighted by Crippen LogP contribution is 2.42. The summed E-state index contributed by atoms with van der Waals surface area (Å²) in [5.41, 5.74) is 1.79. The van der Waals surface area contributed by atoms with Crippen molar-refractivity contribution in [2.75, 3.05) is 27.9 Å². The molecule has 3 rings (SSSR count). The van der Waals surface area contributed by atoms with Crippen LogP contribution < -0.4 is 29.6 Å². The van der Waals surface area contributed by atoms with Gasteiger partial charge < -0.3 is 34.3 Å². The van der Waals surface area contributed by atoms with Gasteiger partial charge >= 0.3 is 12.0 Å². The van der Waals surface area contributed by atoms with E-state index in [1.807, 2.05) is 6.92 Å². The summed E-state index contributed by atoms with van der Waals surface area (Å²) in [6, 6.07) is 9.17. The molecule has 2 amide bonds. The van der Waals surface area contributed by atoms with Crippen LogP contribution in [0.1, 0.15) is 44.4 Å². The summed E-state index contributed by atoms with van der Waals surface area (Å²) in [7, 11) is 4.60. The second kappa shape index (κ2) is 11.5. The Labute approximate surface area is 205 Å². The normalized spacial score (nSPS) is 15.3. The average Bonchev–Trinajstić information content (AvgIpc) is 2.85. The molecule has 0 spiro atoms. The maximum absolute atomic E-state index is 13.3. The molecule has 2 N–H and O–H groups in total. The highest BCUT2D eigenvalue weighted by atomic mass is 16.5. The largest absolute Gasteiger partial charge is 0.497 e. The molecule has 35 heavy (non-hydrogen) atoms. The Bertz CT molecular complexity index is 1070. The van der Waals surface area contributed by atoms with Crippen LogP contribution in [0.5, 0.6) is 23.0 Å². The van der Waals surface area contributed by atoms with Crippen molar-refractivity contribution in [2.45, 2.75) is 39.3 Å². The lowest BCUT2D eigenvalue weighted by Gasteiger charge is -2.30. The SMILES string of the molecule is CCCOc1c(OC)cc(C2NC(=O)NC(c3ccc(OC)cc3)=C2C(=O)OC(C)C)cc1OC. The second-order valence-electron chi connectivity index (χ2n) is 8.11. The van der Waals surface area contributed by atoms with E-state index in [4.69, 9.17) is 23.7 Å². The van der Waals surface area contributed by atoms with E-state index in [9.17, 15) is 9.59 Å². The number of methoxy groups -OCH3 is 3. The van der Waals surface area contributed by atoms with Crippen LogP contribution in [0.3, 0.4) is 0 Å². The van der Waals surface area contributed by atoms with E-state index in [0.717, 1.165) is 6.42 Å². The monoisotopic (exact) mass is 484 g/mol. The molecule has 2 aromatic carbocycles. The van der Waals surface area contributed by atoms with E-state index in [1.165, 1.54) is 14.2 Å². The Kier molecular flexibility index (Phi) is 8.46. The zero-order valence-electron chi connectivity index (χ0n) is 20.9. The number of ether oxygens (including phenoxy) is 5. The summed E-state index contributed by atoms with van der Waals surface area (Å²) in [6.45, 7) is 6.00. The van der Waals surface area contributed by atoms with E-state index >= 15 is 0 Å². The molecule has 1 aliphatic rings. The molecule has 1 unspecified atom stereocenters. The summed E-state index contributed by atoms with van der Waals surface area (Å²) in [5, 5.41) is 5.61. The standard InChI is InChI=1S/C26H32N2O7/c1-7-12-34-24-19(32-5)13-17(14-20(24)33-6)23-21(25(29)35-15(2)3)22(27-26(30)28-23)16-8-10-18(31-4)11-9-16/h8-11,13-15,23H,7,12H2,1-6H3,(H2,27,28,30). The summed E-state index contributed by atoms with van der Waals surface area (Å²) in [5.74, 6) is 1.38. The first-order valence-electron chi connectivity index (χ1n) is 11.4. The van der Waals surface area contributed by atoms with Crippen LogP contribution in [0, 0.1) is 0 Å². The van der Waals surface area contributed by atoms with Gasteiger partial charge in [0.1, 0.15) is 5.75 Å². The lowest BCUT2D eigenvalue weighted by atomic mass is 9.92. The molecule has 1 heterocycles. The molecule has 0 saturated heterocycles. The molecule has 188 valence electrons. The Morgan fingerprint density at radius 1 is 1.00 bits per heavy atom. The number of rotatable bonds is 10. The molecule has 0 aliphatic carbocycles. The number of amides is 2. The van der Waals surface area contributed by atoms with E-state index in [1.54, 1.807) is 57.4 Å². The topological polar surface area (TPSA) is 104 Å². The summed E-state index contributed by atoms with van der Waals surface area (Å²) < 4.78 is 27.8. The minimum atomic E-state index is -0.838. The minimum Gasteiger partial charge on any atom is -0.497 e. The average molecular weight is 485 g/mol. The molecule has 0 radical (unpaired) electrons. The molecule has 9 nitrogen and oxygen atoms in total. The van der Waals surface area contributed by atoms with Gasteiger partial charge in [0.05, 0.1) is 51.4 Å². The molecule has 0 aromatic heterocycles. The first-order valence-corrected chi connectivity index (χ1v) is 11.4. The van der Waals surface area contributed by atoms with Crippen LogP contribution in [0.2, 0.25) is 0 Å². The van der Waals surface area contributed by atoms with Crippen LogP contribution in [0.25, 0.3) is 5.70 Å². The zero-order chi connectivity index (χ0) is 25.5. The smallest absolute Gasteiger partial charge is 0.338 e. The predicted molar refractivity (Wildman–Crippen MR) is 131 cm³/mol. The summed E-state index contributed by atoms with van der Waals surface area (Å²) >= 11 is 0. The fraction of sp³-hybridized carbons (Fsp3) is 0.385. The third kappa shape index (κ3) is 5.79. The lowest BCUT2D eigenvalue weighted by molar-refractivity contribution is -0.143. The number of hydrogen-bond acceptors (Lipinski definition) is 7. The molecule has 0 bridgehead atoms. The number of carbonyl (C=O) groups excluding carboxylic acids is 2. The number of carbonyl (C=O) groups is 2. The van der Waals surface area contributed by atoms with Crippen molar-refractivity contribution in [3.8, 4) is 23.0 Å².